The highest BCUT2D eigenvalue weighted by molar-refractivity contribution is 7.80. The van der Waals surface area contributed by atoms with Crippen molar-refractivity contribution in [3.8, 4) is 5.75 Å². The minimum absolute atomic E-state index is 0.0408. The second-order valence-corrected chi connectivity index (χ2v) is 4.76. The minimum Gasteiger partial charge on any atom is -0.493 e. The fourth-order valence-electron chi connectivity index (χ4n) is 1.46. The summed E-state index contributed by atoms with van der Waals surface area (Å²) in [5, 5.41) is 0. The van der Waals surface area contributed by atoms with Gasteiger partial charge < -0.3 is 15.4 Å². The van der Waals surface area contributed by atoms with Crippen molar-refractivity contribution in [3.63, 3.8) is 0 Å². The van der Waals surface area contributed by atoms with E-state index in [9.17, 15) is 13.6 Å². The molecular formula is C13H16F2N2O2S. The molecule has 20 heavy (non-hydrogen) atoms. The molecule has 0 spiro atoms. The number of hydrogen-bond acceptors (Lipinski definition) is 3. The van der Waals surface area contributed by atoms with E-state index in [0.717, 1.165) is 18.2 Å². The SMILES string of the molecule is CN(CCC(N)=S)C(=O)CCOc1cc(F)cc(F)c1. The van der Waals surface area contributed by atoms with Crippen LogP contribution in [0, 0.1) is 11.6 Å². The number of halogens is 2. The molecule has 0 atom stereocenters. The van der Waals surface area contributed by atoms with E-state index >= 15 is 0 Å². The molecule has 0 unspecified atom stereocenters. The van der Waals surface area contributed by atoms with E-state index in [1.165, 1.54) is 4.90 Å². The Morgan fingerprint density at radius 3 is 2.45 bits per heavy atom. The lowest BCUT2D eigenvalue weighted by Crippen LogP contribution is -2.30. The van der Waals surface area contributed by atoms with Crippen LogP contribution in [0.25, 0.3) is 0 Å². The standard InChI is InChI=1S/C13H16F2N2O2S/c1-17(4-2-12(16)20)13(18)3-5-19-11-7-9(14)6-10(15)8-11/h6-8H,2-5H2,1H3,(H2,16,20). The summed E-state index contributed by atoms with van der Waals surface area (Å²) in [5.41, 5.74) is 5.34. The van der Waals surface area contributed by atoms with Gasteiger partial charge in [0.15, 0.2) is 0 Å². The van der Waals surface area contributed by atoms with Gasteiger partial charge in [0, 0.05) is 38.2 Å². The van der Waals surface area contributed by atoms with Crippen LogP contribution in [0.2, 0.25) is 0 Å². The summed E-state index contributed by atoms with van der Waals surface area (Å²) in [5.74, 6) is -1.54. The van der Waals surface area contributed by atoms with Crippen molar-refractivity contribution in [2.24, 2.45) is 5.73 Å². The molecule has 0 fully saturated rings. The minimum atomic E-state index is -0.722. The van der Waals surface area contributed by atoms with Crippen LogP contribution in [-0.4, -0.2) is 36.0 Å². The molecule has 0 bridgehead atoms. The monoisotopic (exact) mass is 302 g/mol. The van der Waals surface area contributed by atoms with E-state index < -0.39 is 11.6 Å². The highest BCUT2D eigenvalue weighted by atomic mass is 32.1. The number of amides is 1. The van der Waals surface area contributed by atoms with Crippen molar-refractivity contribution >= 4 is 23.1 Å². The van der Waals surface area contributed by atoms with Crippen LogP contribution in [0.4, 0.5) is 8.78 Å². The van der Waals surface area contributed by atoms with E-state index in [1.54, 1.807) is 7.05 Å². The van der Waals surface area contributed by atoms with Gasteiger partial charge in [-0.05, 0) is 0 Å². The molecule has 0 saturated heterocycles. The number of nitrogens with zero attached hydrogens (tertiary/aromatic N) is 1. The molecule has 4 nitrogen and oxygen atoms in total. The van der Waals surface area contributed by atoms with Crippen LogP contribution >= 0.6 is 12.2 Å². The maximum atomic E-state index is 12.9. The van der Waals surface area contributed by atoms with Crippen LogP contribution in [-0.2, 0) is 4.79 Å². The highest BCUT2D eigenvalue weighted by Crippen LogP contribution is 2.15. The van der Waals surface area contributed by atoms with Crippen molar-refractivity contribution in [2.45, 2.75) is 12.8 Å². The summed E-state index contributed by atoms with van der Waals surface area (Å²) in [6.45, 7) is 0.474. The fourth-order valence-corrected chi connectivity index (χ4v) is 1.55. The summed E-state index contributed by atoms with van der Waals surface area (Å²) in [7, 11) is 1.63. The smallest absolute Gasteiger partial charge is 0.225 e. The third kappa shape index (κ3) is 5.92. The largest absolute Gasteiger partial charge is 0.493 e. The Morgan fingerprint density at radius 2 is 1.90 bits per heavy atom. The molecule has 0 saturated carbocycles. The van der Waals surface area contributed by atoms with Crippen LogP contribution in [0.3, 0.4) is 0 Å². The van der Waals surface area contributed by atoms with Gasteiger partial charge in [-0.3, -0.25) is 4.79 Å². The molecule has 1 aromatic carbocycles. The van der Waals surface area contributed by atoms with Gasteiger partial charge in [-0.1, -0.05) is 12.2 Å². The highest BCUT2D eigenvalue weighted by Gasteiger charge is 2.09. The second kappa shape index (κ2) is 7.74. The van der Waals surface area contributed by atoms with Crippen molar-refractivity contribution in [3.05, 3.63) is 29.8 Å². The molecule has 1 amide bonds. The zero-order valence-electron chi connectivity index (χ0n) is 11.1. The van der Waals surface area contributed by atoms with Crippen LogP contribution in [0.15, 0.2) is 18.2 Å². The lowest BCUT2D eigenvalue weighted by Gasteiger charge is -2.16. The summed E-state index contributed by atoms with van der Waals surface area (Å²) < 4.78 is 30.9. The van der Waals surface area contributed by atoms with Gasteiger partial charge in [0.1, 0.15) is 17.4 Å². The number of benzene rings is 1. The average Bonchev–Trinajstić information content (AvgIpc) is 2.34. The average molecular weight is 302 g/mol. The van der Waals surface area contributed by atoms with Gasteiger partial charge in [-0.2, -0.15) is 0 Å². The molecule has 0 radical (unpaired) electrons. The number of hydrogen-bond donors (Lipinski definition) is 1. The lowest BCUT2D eigenvalue weighted by atomic mass is 10.3. The predicted octanol–water partition coefficient (Wildman–Crippen LogP) is 1.87. The zero-order valence-corrected chi connectivity index (χ0v) is 11.9. The zero-order chi connectivity index (χ0) is 15.1. The first-order valence-electron chi connectivity index (χ1n) is 5.99. The summed E-state index contributed by atoms with van der Waals surface area (Å²) in [6, 6.07) is 2.87. The van der Waals surface area contributed by atoms with Gasteiger partial charge in [-0.15, -0.1) is 0 Å². The Labute approximate surface area is 121 Å². The molecule has 0 heterocycles. The molecular weight excluding hydrogens is 286 g/mol. The Balaban J connectivity index is 2.36. The van der Waals surface area contributed by atoms with Crippen molar-refractivity contribution < 1.29 is 18.3 Å². The first kappa shape index (κ1) is 16.3. The number of rotatable bonds is 7. The lowest BCUT2D eigenvalue weighted by molar-refractivity contribution is -0.130. The maximum Gasteiger partial charge on any atom is 0.225 e. The van der Waals surface area contributed by atoms with Crippen molar-refractivity contribution in [1.82, 2.24) is 4.90 Å². The van der Waals surface area contributed by atoms with Crippen LogP contribution in [0.5, 0.6) is 5.75 Å². The topological polar surface area (TPSA) is 55.6 Å². The van der Waals surface area contributed by atoms with Crippen LogP contribution in [0.1, 0.15) is 12.8 Å². The van der Waals surface area contributed by atoms with Crippen molar-refractivity contribution in [1.29, 1.82) is 0 Å². The molecule has 2 N–H and O–H groups in total. The van der Waals surface area contributed by atoms with Gasteiger partial charge in [0.05, 0.1) is 18.0 Å². The Kier molecular flexibility index (Phi) is 6.30. The van der Waals surface area contributed by atoms with E-state index in [4.69, 9.17) is 22.7 Å². The quantitative estimate of drug-likeness (QED) is 0.781. The third-order valence-corrected chi connectivity index (χ3v) is 2.74. The second-order valence-electron chi connectivity index (χ2n) is 4.24. The molecule has 0 aliphatic carbocycles. The normalized spacial score (nSPS) is 10.2. The molecule has 1 aromatic rings. The van der Waals surface area contributed by atoms with E-state index in [0.29, 0.717) is 18.0 Å². The number of thiocarbonyl (C=S) groups is 1. The molecule has 0 aromatic heterocycles. The first-order chi connectivity index (χ1) is 9.38. The molecule has 0 aliphatic heterocycles. The Morgan fingerprint density at radius 1 is 1.30 bits per heavy atom. The number of ether oxygens (including phenoxy) is 1. The first-order valence-corrected chi connectivity index (χ1v) is 6.40. The summed E-state index contributed by atoms with van der Waals surface area (Å²) >= 11 is 4.72. The molecule has 0 aliphatic rings. The van der Waals surface area contributed by atoms with Gasteiger partial charge in [-0.25, -0.2) is 8.78 Å². The van der Waals surface area contributed by atoms with E-state index in [-0.39, 0.29) is 24.7 Å². The number of nitrogens with two attached hydrogens (primary N) is 1. The van der Waals surface area contributed by atoms with Crippen LogP contribution < -0.4 is 10.5 Å². The molecule has 7 heteroatoms. The maximum absolute atomic E-state index is 12.9. The third-order valence-electron chi connectivity index (χ3n) is 2.54. The van der Waals surface area contributed by atoms with Gasteiger partial charge in [0.25, 0.3) is 0 Å². The molecule has 110 valence electrons. The summed E-state index contributed by atoms with van der Waals surface area (Å²) in [4.78, 5) is 13.5. The Bertz CT molecular complexity index is 477. The van der Waals surface area contributed by atoms with E-state index in [1.807, 2.05) is 0 Å². The summed E-state index contributed by atoms with van der Waals surface area (Å²) in [6.07, 6.45) is 0.555. The van der Waals surface area contributed by atoms with Crippen molar-refractivity contribution in [2.75, 3.05) is 20.2 Å². The van der Waals surface area contributed by atoms with Gasteiger partial charge in [0.2, 0.25) is 5.91 Å². The Hall–Kier alpha value is -1.76. The predicted molar refractivity (Wildman–Crippen MR) is 75.5 cm³/mol. The molecule has 1 rings (SSSR count). The van der Waals surface area contributed by atoms with Gasteiger partial charge >= 0.3 is 0 Å². The fraction of sp³-hybridized carbons (Fsp3) is 0.385. The van der Waals surface area contributed by atoms with E-state index in [2.05, 4.69) is 0 Å². The number of carbonyl (C=O) groups excluding carboxylic acids is 1. The number of carbonyl (C=O) groups is 1.